The number of piperazine rings is 1. The zero-order valence-electron chi connectivity index (χ0n) is 28.9. The lowest BCUT2D eigenvalue weighted by Gasteiger charge is -2.43. The van der Waals surface area contributed by atoms with Gasteiger partial charge in [0.05, 0.1) is 33.3 Å². The highest BCUT2D eigenvalue weighted by Crippen LogP contribution is 2.62. The molecule has 4 fully saturated rings. The molecule has 2 bridgehead atoms. The number of aromatic nitrogens is 3. The number of halogens is 7. The second-order valence-electron chi connectivity index (χ2n) is 14.5. The van der Waals surface area contributed by atoms with Crippen molar-refractivity contribution < 1.29 is 49.1 Å². The third kappa shape index (κ3) is 5.30. The van der Waals surface area contributed by atoms with Crippen molar-refractivity contribution in [3.8, 4) is 17.3 Å². The molecule has 4 saturated heterocycles. The van der Waals surface area contributed by atoms with Gasteiger partial charge in [-0.3, -0.25) is 13.9 Å². The molecular weight excluding hydrogens is 734 g/mol. The molecule has 3 atom stereocenters. The van der Waals surface area contributed by atoms with Crippen LogP contribution in [0.1, 0.15) is 48.8 Å². The fourth-order valence-electron chi connectivity index (χ4n) is 9.36. The molecule has 2 N–H and O–H groups in total. The monoisotopic (exact) mass is 769 g/mol. The van der Waals surface area contributed by atoms with Crippen molar-refractivity contribution in [2.24, 2.45) is 0 Å². The van der Waals surface area contributed by atoms with Crippen molar-refractivity contribution in [1.82, 2.24) is 24.5 Å². The molecule has 284 valence electrons. The van der Waals surface area contributed by atoms with Gasteiger partial charge in [0.1, 0.15) is 29.6 Å². The largest absolute Gasteiger partial charge is 0.461 e. The zero-order chi connectivity index (χ0) is 38.0. The molecule has 3 aromatic rings. The molecular formula is C34H35F7N7O4P. The van der Waals surface area contributed by atoms with Crippen molar-refractivity contribution in [1.29, 1.82) is 0 Å². The normalized spacial score (nSPS) is 25.8. The molecule has 11 nitrogen and oxygen atoms in total. The van der Waals surface area contributed by atoms with Crippen molar-refractivity contribution in [2.75, 3.05) is 57.6 Å². The molecule has 0 radical (unpaired) electrons. The third-order valence-electron chi connectivity index (χ3n) is 11.5. The molecule has 8 rings (SSSR count). The summed E-state index contributed by atoms with van der Waals surface area (Å²) < 4.78 is 137. The van der Waals surface area contributed by atoms with E-state index in [2.05, 4.69) is 21.5 Å². The van der Waals surface area contributed by atoms with Crippen LogP contribution in [0, 0.1) is 18.6 Å². The molecule has 7 heterocycles. The van der Waals surface area contributed by atoms with E-state index in [1.54, 1.807) is 4.67 Å². The Morgan fingerprint density at radius 3 is 2.53 bits per heavy atom. The van der Waals surface area contributed by atoms with Gasteiger partial charge in [-0.1, -0.05) is 6.58 Å². The lowest BCUT2D eigenvalue weighted by molar-refractivity contribution is -0.137. The number of nitrogens with zero attached hydrogens (tertiary/aromatic N) is 6. The smallest absolute Gasteiger partial charge is 0.418 e. The Bertz CT molecular complexity index is 2180. The SMILES string of the molecule is C=C1C[C@]23C[C@H](CN2c2nc(OC[C@@]45CCCN4CC(=C(F)F)C5)nc4c(F)c(-c5nc(N)cc(C)c5C(F)(F)F)c(F)c1c24)N(P(=O)(OC)OC)C3. The summed E-state index contributed by atoms with van der Waals surface area (Å²) >= 11 is 0. The standard InChI is InChI=1S/C34H35F7N7O4P/c1-16-8-20(42)43-27(24(16)34(39,40)41)23-25(35)21-17(2)9-33-11-19(48(14-33)53(49,50-3)51-4)13-47(33)30-22(21)28(26(23)36)44-31(45-30)52-15-32-6-5-7-46(32)12-18(10-32)29(37)38/h8,19H,2,5-7,9-15H2,1,3-4H3,(H2,42,43)/t19-,32+,33-/m1/s1. The molecule has 0 aliphatic carbocycles. The van der Waals surface area contributed by atoms with Crippen molar-refractivity contribution >= 4 is 35.9 Å². The van der Waals surface area contributed by atoms with Crippen LogP contribution in [0.2, 0.25) is 0 Å². The van der Waals surface area contributed by atoms with Crippen molar-refractivity contribution in [3.05, 3.63) is 52.6 Å². The predicted molar refractivity (Wildman–Crippen MR) is 180 cm³/mol. The number of nitrogens with two attached hydrogens (primary N) is 1. The first-order valence-electron chi connectivity index (χ1n) is 16.9. The van der Waals surface area contributed by atoms with Crippen LogP contribution in [0.25, 0.3) is 27.7 Å². The molecule has 1 aromatic carbocycles. The van der Waals surface area contributed by atoms with E-state index in [4.69, 9.17) is 19.5 Å². The van der Waals surface area contributed by atoms with Gasteiger partial charge in [-0.15, -0.1) is 0 Å². The van der Waals surface area contributed by atoms with Gasteiger partial charge in [-0.25, -0.2) is 23.0 Å². The van der Waals surface area contributed by atoms with Crippen LogP contribution in [0.3, 0.4) is 0 Å². The van der Waals surface area contributed by atoms with E-state index < -0.39 is 82.5 Å². The highest BCUT2D eigenvalue weighted by molar-refractivity contribution is 7.51. The second-order valence-corrected chi connectivity index (χ2v) is 16.7. The summed E-state index contributed by atoms with van der Waals surface area (Å²) in [5.41, 5.74) is -0.634. The second kappa shape index (κ2) is 12.1. The number of pyridine rings is 1. The Kier molecular flexibility index (Phi) is 8.25. The van der Waals surface area contributed by atoms with Crippen LogP contribution in [-0.4, -0.2) is 88.6 Å². The van der Waals surface area contributed by atoms with Crippen LogP contribution in [0.15, 0.2) is 24.3 Å². The van der Waals surface area contributed by atoms with E-state index >= 15 is 8.78 Å². The summed E-state index contributed by atoms with van der Waals surface area (Å²) in [4.78, 5) is 16.5. The van der Waals surface area contributed by atoms with Crippen LogP contribution in [0.4, 0.5) is 42.4 Å². The summed E-state index contributed by atoms with van der Waals surface area (Å²) in [6.07, 6.45) is -5.18. The molecule has 0 saturated carbocycles. The highest BCUT2D eigenvalue weighted by Gasteiger charge is 2.61. The first kappa shape index (κ1) is 36.2. The molecule has 0 amide bonds. The summed E-state index contributed by atoms with van der Waals surface area (Å²) in [5, 5.41) is -0.140. The quantitative estimate of drug-likeness (QED) is 0.196. The summed E-state index contributed by atoms with van der Waals surface area (Å²) in [5.74, 6) is -3.18. The number of anilines is 2. The third-order valence-corrected chi connectivity index (χ3v) is 13.6. The Morgan fingerprint density at radius 2 is 1.85 bits per heavy atom. The van der Waals surface area contributed by atoms with Gasteiger partial charge in [-0.2, -0.15) is 31.9 Å². The number of ether oxygens (including phenoxy) is 1. The maximum Gasteiger partial charge on any atom is 0.418 e. The number of hydrogen-bond donors (Lipinski definition) is 1. The average Bonchev–Trinajstić information content (AvgIpc) is 3.83. The number of aryl methyl sites for hydroxylation is 1. The Labute approximate surface area is 299 Å². The molecule has 0 unspecified atom stereocenters. The number of nitrogen functional groups attached to an aromatic ring is 1. The fraction of sp³-hybridized carbons (Fsp3) is 0.500. The number of rotatable bonds is 7. The van der Waals surface area contributed by atoms with Gasteiger partial charge in [0.2, 0.25) is 0 Å². The number of hydrogen-bond acceptors (Lipinski definition) is 10. The van der Waals surface area contributed by atoms with Gasteiger partial charge in [-0.05, 0) is 62.8 Å². The van der Waals surface area contributed by atoms with E-state index in [1.165, 1.54) is 14.2 Å². The molecule has 1 spiro atoms. The number of alkyl halides is 3. The van der Waals surface area contributed by atoms with Crippen molar-refractivity contribution in [2.45, 2.75) is 62.3 Å². The van der Waals surface area contributed by atoms with E-state index in [-0.39, 0.29) is 73.0 Å². The Balaban J connectivity index is 1.34. The lowest BCUT2D eigenvalue weighted by Crippen LogP contribution is -2.53. The van der Waals surface area contributed by atoms with Crippen LogP contribution >= 0.6 is 7.75 Å². The lowest BCUT2D eigenvalue weighted by atomic mass is 9.87. The van der Waals surface area contributed by atoms with E-state index in [9.17, 15) is 26.5 Å². The van der Waals surface area contributed by atoms with Crippen molar-refractivity contribution in [3.63, 3.8) is 0 Å². The minimum Gasteiger partial charge on any atom is -0.461 e. The molecule has 53 heavy (non-hydrogen) atoms. The van der Waals surface area contributed by atoms with Gasteiger partial charge in [0.15, 0.2) is 5.82 Å². The first-order chi connectivity index (χ1) is 25.0. The summed E-state index contributed by atoms with van der Waals surface area (Å²) in [7, 11) is -1.26. The summed E-state index contributed by atoms with van der Waals surface area (Å²) in [6, 6.07) is 0.156. The maximum atomic E-state index is 17.1. The van der Waals surface area contributed by atoms with Crippen LogP contribution in [-0.2, 0) is 19.8 Å². The Hall–Kier alpha value is -3.83. The number of fused-ring (bicyclic) bond motifs is 3. The first-order valence-corrected chi connectivity index (χ1v) is 18.4. The Morgan fingerprint density at radius 1 is 1.11 bits per heavy atom. The van der Waals surface area contributed by atoms with Gasteiger partial charge >= 0.3 is 19.9 Å². The minimum atomic E-state index is -5.08. The molecule has 2 aromatic heterocycles. The molecule has 5 aliphatic heterocycles. The topological polar surface area (TPSA) is 119 Å². The number of benzene rings is 1. The van der Waals surface area contributed by atoms with E-state index in [0.29, 0.717) is 19.4 Å². The van der Waals surface area contributed by atoms with Gasteiger partial charge in [0, 0.05) is 51.0 Å². The highest BCUT2D eigenvalue weighted by atomic mass is 31.2. The van der Waals surface area contributed by atoms with Gasteiger partial charge in [0.25, 0.3) is 6.08 Å². The van der Waals surface area contributed by atoms with Crippen LogP contribution in [0.5, 0.6) is 6.01 Å². The van der Waals surface area contributed by atoms with Gasteiger partial charge < -0.3 is 15.4 Å². The minimum absolute atomic E-state index is 0.00849. The zero-order valence-corrected chi connectivity index (χ0v) is 29.8. The van der Waals surface area contributed by atoms with E-state index in [1.807, 2.05) is 9.80 Å². The van der Waals surface area contributed by atoms with Crippen LogP contribution < -0.4 is 15.4 Å². The average molecular weight is 770 g/mol. The maximum absolute atomic E-state index is 17.1. The summed E-state index contributed by atoms with van der Waals surface area (Å²) in [6.45, 7) is 5.93. The predicted octanol–water partition coefficient (Wildman–Crippen LogP) is 7.10. The van der Waals surface area contributed by atoms with E-state index in [0.717, 1.165) is 19.4 Å². The molecule has 5 aliphatic rings. The molecule has 19 heteroatoms. The fourth-order valence-corrected chi connectivity index (χ4v) is 10.9.